The number of nitrogens with two attached hydrogens (primary N) is 1. The molecular formula is C21H23FN2O5. The predicted octanol–water partition coefficient (Wildman–Crippen LogP) is 2.12. The Hall–Kier alpha value is -3.42. The largest absolute Gasteiger partial charge is 0.497 e. The summed E-state index contributed by atoms with van der Waals surface area (Å²) >= 11 is 0. The number of benzene rings is 2. The van der Waals surface area contributed by atoms with Gasteiger partial charge in [0.2, 0.25) is 11.8 Å². The fraction of sp³-hybridized carbons (Fsp3) is 0.286. The number of methoxy groups -OCH3 is 1. The maximum Gasteiger partial charge on any atom is 0.326 e. The number of carbonyl (C=O) groups excluding carboxylic acids is 2. The average Bonchev–Trinajstić information content (AvgIpc) is 2.67. The van der Waals surface area contributed by atoms with Gasteiger partial charge in [-0.25, -0.2) is 9.18 Å². The topological polar surface area (TPSA) is 110 Å². The van der Waals surface area contributed by atoms with Crippen LogP contribution in [0.5, 0.6) is 5.75 Å². The zero-order chi connectivity index (χ0) is 21.4. The molecule has 1 atom stereocenters. The second kappa shape index (κ2) is 10.2. The normalized spacial score (nSPS) is 11.5. The summed E-state index contributed by atoms with van der Waals surface area (Å²) in [6, 6.07) is 11.2. The van der Waals surface area contributed by atoms with Gasteiger partial charge in [-0.1, -0.05) is 24.3 Å². The molecule has 2 aromatic carbocycles. The van der Waals surface area contributed by atoms with Gasteiger partial charge < -0.3 is 20.5 Å². The van der Waals surface area contributed by atoms with E-state index in [0.29, 0.717) is 16.9 Å². The van der Waals surface area contributed by atoms with Crippen molar-refractivity contribution in [1.82, 2.24) is 4.90 Å². The van der Waals surface area contributed by atoms with Gasteiger partial charge in [-0.15, -0.1) is 0 Å². The number of carboxylic acid groups (broad SMARTS) is 1. The third-order valence-corrected chi connectivity index (χ3v) is 4.38. The van der Waals surface area contributed by atoms with E-state index in [1.54, 1.807) is 30.3 Å². The minimum absolute atomic E-state index is 0.0128. The number of ether oxygens (including phenoxy) is 1. The third-order valence-electron chi connectivity index (χ3n) is 4.38. The summed E-state index contributed by atoms with van der Waals surface area (Å²) in [5.41, 5.74) is 6.23. The Morgan fingerprint density at radius 2 is 1.83 bits per heavy atom. The van der Waals surface area contributed by atoms with Gasteiger partial charge in [-0.3, -0.25) is 9.59 Å². The fourth-order valence-corrected chi connectivity index (χ4v) is 2.95. The molecule has 2 amide bonds. The molecule has 154 valence electrons. The number of rotatable bonds is 10. The number of primary amides is 1. The van der Waals surface area contributed by atoms with Gasteiger partial charge in [-0.2, -0.15) is 0 Å². The highest BCUT2D eigenvalue weighted by Gasteiger charge is 2.30. The Kier molecular flexibility index (Phi) is 7.70. The number of halogens is 1. The molecule has 0 aliphatic rings. The lowest BCUT2D eigenvalue weighted by Gasteiger charge is -2.29. The predicted molar refractivity (Wildman–Crippen MR) is 104 cm³/mol. The average molecular weight is 402 g/mol. The SMILES string of the molecule is COc1cccc(CN(C(=O)Cc2cccc(F)c2)[C@@H](CCC(N)=O)C(=O)O)c1. The second-order valence-corrected chi connectivity index (χ2v) is 6.54. The molecular weight excluding hydrogens is 379 g/mol. The van der Waals surface area contributed by atoms with Gasteiger partial charge >= 0.3 is 5.97 Å². The van der Waals surface area contributed by atoms with Crippen molar-refractivity contribution in [2.45, 2.75) is 31.8 Å². The molecule has 7 nitrogen and oxygen atoms in total. The van der Waals surface area contributed by atoms with Crippen LogP contribution in [0.15, 0.2) is 48.5 Å². The molecule has 0 radical (unpaired) electrons. The molecule has 0 heterocycles. The van der Waals surface area contributed by atoms with E-state index in [2.05, 4.69) is 0 Å². The summed E-state index contributed by atoms with van der Waals surface area (Å²) in [6.45, 7) is -0.0128. The molecule has 0 saturated carbocycles. The van der Waals surface area contributed by atoms with Crippen LogP contribution >= 0.6 is 0 Å². The summed E-state index contributed by atoms with van der Waals surface area (Å²) in [4.78, 5) is 37.1. The minimum atomic E-state index is -1.25. The number of aliphatic carboxylic acids is 1. The fourth-order valence-electron chi connectivity index (χ4n) is 2.95. The number of carbonyl (C=O) groups is 3. The van der Waals surface area contributed by atoms with Gasteiger partial charge in [0.25, 0.3) is 0 Å². The Bertz CT molecular complexity index is 887. The number of carboxylic acids is 1. The van der Waals surface area contributed by atoms with E-state index in [4.69, 9.17) is 10.5 Å². The summed E-state index contributed by atoms with van der Waals surface area (Å²) in [5.74, 6) is -2.34. The van der Waals surface area contributed by atoms with Crippen molar-refractivity contribution in [3.63, 3.8) is 0 Å². The van der Waals surface area contributed by atoms with Crippen molar-refractivity contribution < 1.29 is 28.6 Å². The van der Waals surface area contributed by atoms with E-state index >= 15 is 0 Å². The van der Waals surface area contributed by atoms with Crippen LogP contribution in [0, 0.1) is 5.82 Å². The summed E-state index contributed by atoms with van der Waals surface area (Å²) in [5, 5.41) is 9.66. The van der Waals surface area contributed by atoms with Crippen LogP contribution in [0.4, 0.5) is 4.39 Å². The number of hydrogen-bond donors (Lipinski definition) is 2. The molecule has 0 fully saturated rings. The monoisotopic (exact) mass is 402 g/mol. The van der Waals surface area contributed by atoms with E-state index < -0.39 is 29.6 Å². The van der Waals surface area contributed by atoms with Crippen LogP contribution in [0.3, 0.4) is 0 Å². The lowest BCUT2D eigenvalue weighted by atomic mass is 10.0. The van der Waals surface area contributed by atoms with Gasteiger partial charge in [-0.05, 0) is 41.8 Å². The zero-order valence-electron chi connectivity index (χ0n) is 16.0. The zero-order valence-corrected chi connectivity index (χ0v) is 16.0. The molecule has 8 heteroatoms. The molecule has 29 heavy (non-hydrogen) atoms. The second-order valence-electron chi connectivity index (χ2n) is 6.54. The Labute approximate surface area is 167 Å². The molecule has 2 rings (SSSR count). The molecule has 0 unspecified atom stereocenters. The molecule has 0 aromatic heterocycles. The molecule has 0 aliphatic heterocycles. The van der Waals surface area contributed by atoms with E-state index in [1.165, 1.54) is 30.2 Å². The number of amides is 2. The van der Waals surface area contributed by atoms with E-state index in [-0.39, 0.29) is 25.8 Å². The van der Waals surface area contributed by atoms with E-state index in [9.17, 15) is 23.9 Å². The quantitative estimate of drug-likeness (QED) is 0.633. The molecule has 2 aromatic rings. The summed E-state index contributed by atoms with van der Waals surface area (Å²) in [7, 11) is 1.50. The number of hydrogen-bond acceptors (Lipinski definition) is 4. The molecule has 0 saturated heterocycles. The van der Waals surface area contributed by atoms with Crippen molar-refractivity contribution in [1.29, 1.82) is 0 Å². The van der Waals surface area contributed by atoms with Crippen LogP contribution in [0.1, 0.15) is 24.0 Å². The Morgan fingerprint density at radius 3 is 2.45 bits per heavy atom. The summed E-state index contributed by atoms with van der Waals surface area (Å²) < 4.78 is 18.6. The highest BCUT2D eigenvalue weighted by Crippen LogP contribution is 2.19. The van der Waals surface area contributed by atoms with Crippen molar-refractivity contribution in [2.24, 2.45) is 5.73 Å². The maximum absolute atomic E-state index is 13.5. The number of nitrogens with zero attached hydrogens (tertiary/aromatic N) is 1. The van der Waals surface area contributed by atoms with Gasteiger partial charge in [0.15, 0.2) is 0 Å². The minimum Gasteiger partial charge on any atom is -0.497 e. The first-order chi connectivity index (χ1) is 13.8. The van der Waals surface area contributed by atoms with E-state index in [1.807, 2.05) is 0 Å². The van der Waals surface area contributed by atoms with Crippen molar-refractivity contribution >= 4 is 17.8 Å². The molecule has 0 aliphatic carbocycles. The maximum atomic E-state index is 13.5. The lowest BCUT2D eigenvalue weighted by molar-refractivity contribution is -0.151. The van der Waals surface area contributed by atoms with Gasteiger partial charge in [0.05, 0.1) is 13.5 Å². The van der Waals surface area contributed by atoms with Crippen LogP contribution in [0.25, 0.3) is 0 Å². The lowest BCUT2D eigenvalue weighted by Crippen LogP contribution is -2.45. The first kappa shape index (κ1) is 21.9. The first-order valence-electron chi connectivity index (χ1n) is 8.98. The Morgan fingerprint density at radius 1 is 1.14 bits per heavy atom. The van der Waals surface area contributed by atoms with Crippen molar-refractivity contribution in [3.8, 4) is 5.75 Å². The van der Waals surface area contributed by atoms with Crippen molar-refractivity contribution in [3.05, 3.63) is 65.5 Å². The van der Waals surface area contributed by atoms with Gasteiger partial charge in [0.1, 0.15) is 17.6 Å². The van der Waals surface area contributed by atoms with Crippen LogP contribution in [0.2, 0.25) is 0 Å². The Balaban J connectivity index is 2.32. The van der Waals surface area contributed by atoms with Crippen LogP contribution in [-0.2, 0) is 27.3 Å². The van der Waals surface area contributed by atoms with Gasteiger partial charge in [0, 0.05) is 13.0 Å². The highest BCUT2D eigenvalue weighted by molar-refractivity contribution is 5.85. The third kappa shape index (κ3) is 6.60. The molecule has 0 spiro atoms. The van der Waals surface area contributed by atoms with Crippen LogP contribution in [-0.4, -0.2) is 40.9 Å². The van der Waals surface area contributed by atoms with Crippen LogP contribution < -0.4 is 10.5 Å². The smallest absolute Gasteiger partial charge is 0.326 e. The molecule has 0 bridgehead atoms. The summed E-state index contributed by atoms with van der Waals surface area (Å²) in [6.07, 6.45) is -0.482. The first-order valence-corrected chi connectivity index (χ1v) is 8.98. The van der Waals surface area contributed by atoms with E-state index in [0.717, 1.165) is 0 Å². The molecule has 3 N–H and O–H groups in total. The highest BCUT2D eigenvalue weighted by atomic mass is 19.1. The van der Waals surface area contributed by atoms with Crippen molar-refractivity contribution in [2.75, 3.05) is 7.11 Å². The standard InChI is InChI=1S/C21H23FN2O5/c1-29-17-7-3-5-15(11-17)13-24(18(21(27)28)8-9-19(23)25)20(26)12-14-4-2-6-16(22)10-14/h2-7,10-11,18H,8-9,12-13H2,1H3,(H2,23,25)(H,27,28)/t18-/m0/s1.